The third kappa shape index (κ3) is 4.46. The van der Waals surface area contributed by atoms with Gasteiger partial charge in [0.1, 0.15) is 0 Å². The summed E-state index contributed by atoms with van der Waals surface area (Å²) in [7, 11) is -1.37. The second-order valence-electron chi connectivity index (χ2n) is 5.46. The summed E-state index contributed by atoms with van der Waals surface area (Å²) < 4.78 is 52.6. The molecule has 0 aliphatic carbocycles. The summed E-state index contributed by atoms with van der Waals surface area (Å²) in [6.45, 7) is 7.01. The third-order valence-corrected chi connectivity index (χ3v) is 4.65. The normalized spacial score (nSPS) is 16.0. The molecule has 1 rings (SSSR count). The standard InChI is InChI=1S/C13H17ClF3NOS/c1-8(18-20(19)12(2,3)4)9-5-6-11(14)10(7-9)13(15,16)17/h5-8,18H,1-4H3/t8-,20-/m1/s1. The highest BCUT2D eigenvalue weighted by molar-refractivity contribution is 7.84. The van der Waals surface area contributed by atoms with Crippen molar-refractivity contribution >= 4 is 22.6 Å². The van der Waals surface area contributed by atoms with Crippen LogP contribution in [0.4, 0.5) is 13.2 Å². The summed E-state index contributed by atoms with van der Waals surface area (Å²) in [6.07, 6.45) is -4.50. The molecule has 0 aliphatic rings. The lowest BCUT2D eigenvalue weighted by Gasteiger charge is -2.22. The highest BCUT2D eigenvalue weighted by Gasteiger charge is 2.33. The Morgan fingerprint density at radius 1 is 1.25 bits per heavy atom. The van der Waals surface area contributed by atoms with E-state index in [-0.39, 0.29) is 5.02 Å². The molecule has 1 aromatic rings. The molecule has 1 aromatic carbocycles. The van der Waals surface area contributed by atoms with E-state index in [1.54, 1.807) is 27.7 Å². The fraction of sp³-hybridized carbons (Fsp3) is 0.538. The summed E-state index contributed by atoms with van der Waals surface area (Å²) in [6, 6.07) is 3.21. The Morgan fingerprint density at radius 3 is 2.25 bits per heavy atom. The molecule has 0 saturated heterocycles. The first-order valence-electron chi connectivity index (χ1n) is 5.97. The number of rotatable bonds is 3. The van der Waals surface area contributed by atoms with Crippen molar-refractivity contribution in [3.8, 4) is 0 Å². The zero-order chi connectivity index (χ0) is 15.7. The maximum Gasteiger partial charge on any atom is 0.417 e. The summed E-state index contributed by atoms with van der Waals surface area (Å²) in [5.41, 5.74) is -0.494. The van der Waals surface area contributed by atoms with Crippen molar-refractivity contribution in [2.75, 3.05) is 0 Å². The number of hydrogen-bond donors (Lipinski definition) is 1. The Kier molecular flexibility index (Phi) is 5.27. The lowest BCUT2D eigenvalue weighted by atomic mass is 10.1. The smallest absolute Gasteiger partial charge is 0.242 e. The molecule has 0 saturated carbocycles. The molecule has 2 nitrogen and oxygen atoms in total. The van der Waals surface area contributed by atoms with Gasteiger partial charge in [-0.15, -0.1) is 0 Å². The van der Waals surface area contributed by atoms with Gasteiger partial charge < -0.3 is 0 Å². The quantitative estimate of drug-likeness (QED) is 0.871. The Balaban J connectivity index is 3.01. The molecule has 0 aromatic heterocycles. The minimum absolute atomic E-state index is 0.342. The summed E-state index contributed by atoms with van der Waals surface area (Å²) in [5.74, 6) is 0. The van der Waals surface area contributed by atoms with E-state index in [0.717, 1.165) is 6.07 Å². The van der Waals surface area contributed by atoms with Gasteiger partial charge in [-0.05, 0) is 45.4 Å². The molecule has 0 amide bonds. The van der Waals surface area contributed by atoms with Crippen molar-refractivity contribution in [3.63, 3.8) is 0 Å². The average Bonchev–Trinajstić information content (AvgIpc) is 2.26. The minimum Gasteiger partial charge on any atom is -0.242 e. The van der Waals surface area contributed by atoms with Crippen LogP contribution in [0.15, 0.2) is 18.2 Å². The van der Waals surface area contributed by atoms with Gasteiger partial charge in [0.05, 0.1) is 26.3 Å². The van der Waals surface area contributed by atoms with E-state index < -0.39 is 33.5 Å². The second-order valence-corrected chi connectivity index (χ2v) is 7.86. The average molecular weight is 328 g/mol. The highest BCUT2D eigenvalue weighted by Crippen LogP contribution is 2.36. The van der Waals surface area contributed by atoms with Gasteiger partial charge in [0.2, 0.25) is 0 Å². The van der Waals surface area contributed by atoms with Crippen LogP contribution >= 0.6 is 11.6 Å². The largest absolute Gasteiger partial charge is 0.417 e. The lowest BCUT2D eigenvalue weighted by molar-refractivity contribution is -0.137. The molecular formula is C13H17ClF3NOS. The van der Waals surface area contributed by atoms with Gasteiger partial charge in [0.15, 0.2) is 0 Å². The van der Waals surface area contributed by atoms with Crippen LogP contribution in [0.5, 0.6) is 0 Å². The van der Waals surface area contributed by atoms with Crippen LogP contribution in [-0.4, -0.2) is 8.96 Å². The molecule has 0 fully saturated rings. The minimum atomic E-state index is -4.50. The SMILES string of the molecule is C[C@@H](N[S@](=O)C(C)(C)C)c1ccc(Cl)c(C(F)(F)F)c1. The number of alkyl halides is 3. The molecule has 0 bridgehead atoms. The van der Waals surface area contributed by atoms with Gasteiger partial charge in [-0.25, -0.2) is 8.93 Å². The molecule has 0 unspecified atom stereocenters. The van der Waals surface area contributed by atoms with Crippen LogP contribution < -0.4 is 4.72 Å². The topological polar surface area (TPSA) is 29.1 Å². The third-order valence-electron chi connectivity index (χ3n) is 2.64. The number of benzene rings is 1. The van der Waals surface area contributed by atoms with Gasteiger partial charge in [-0.2, -0.15) is 13.2 Å². The molecule has 0 heterocycles. The van der Waals surface area contributed by atoms with E-state index in [9.17, 15) is 17.4 Å². The molecular weight excluding hydrogens is 311 g/mol. The molecule has 1 N–H and O–H groups in total. The van der Waals surface area contributed by atoms with Crippen LogP contribution in [0, 0.1) is 0 Å². The maximum atomic E-state index is 12.8. The molecule has 20 heavy (non-hydrogen) atoms. The number of hydrogen-bond acceptors (Lipinski definition) is 1. The summed E-state index contributed by atoms with van der Waals surface area (Å²) >= 11 is 5.56. The first-order chi connectivity index (χ1) is 8.93. The van der Waals surface area contributed by atoms with Crippen molar-refractivity contribution in [1.82, 2.24) is 4.72 Å². The van der Waals surface area contributed by atoms with Crippen molar-refractivity contribution in [2.45, 2.75) is 44.7 Å². The summed E-state index contributed by atoms with van der Waals surface area (Å²) in [5, 5.41) is -0.342. The van der Waals surface area contributed by atoms with Crippen molar-refractivity contribution < 1.29 is 17.4 Å². The molecule has 0 spiro atoms. The second kappa shape index (κ2) is 6.03. The Morgan fingerprint density at radius 2 is 1.80 bits per heavy atom. The summed E-state index contributed by atoms with van der Waals surface area (Å²) in [4.78, 5) is 0. The van der Waals surface area contributed by atoms with E-state index in [1.165, 1.54) is 12.1 Å². The zero-order valence-corrected chi connectivity index (χ0v) is 13.2. The van der Waals surface area contributed by atoms with Crippen molar-refractivity contribution in [1.29, 1.82) is 0 Å². The van der Waals surface area contributed by atoms with Crippen molar-refractivity contribution in [3.05, 3.63) is 34.3 Å². The predicted molar refractivity (Wildman–Crippen MR) is 75.9 cm³/mol. The van der Waals surface area contributed by atoms with Gasteiger partial charge in [-0.1, -0.05) is 17.7 Å². The zero-order valence-electron chi connectivity index (χ0n) is 11.6. The van der Waals surface area contributed by atoms with Crippen LogP contribution in [0.1, 0.15) is 44.9 Å². The van der Waals surface area contributed by atoms with Gasteiger partial charge in [0, 0.05) is 6.04 Å². The Hall–Kier alpha value is -0.590. The number of halogens is 4. The van der Waals surface area contributed by atoms with Crippen LogP contribution in [0.2, 0.25) is 5.02 Å². The van der Waals surface area contributed by atoms with E-state index >= 15 is 0 Å². The molecule has 7 heteroatoms. The van der Waals surface area contributed by atoms with E-state index in [4.69, 9.17) is 11.6 Å². The molecule has 114 valence electrons. The maximum absolute atomic E-state index is 12.8. The van der Waals surface area contributed by atoms with Gasteiger partial charge in [0.25, 0.3) is 0 Å². The molecule has 0 radical (unpaired) electrons. The van der Waals surface area contributed by atoms with E-state index in [0.29, 0.717) is 5.56 Å². The Bertz CT molecular complexity index is 511. The first-order valence-corrected chi connectivity index (χ1v) is 7.50. The van der Waals surface area contributed by atoms with Gasteiger partial charge in [-0.3, -0.25) is 0 Å². The fourth-order valence-corrected chi connectivity index (χ4v) is 2.47. The highest BCUT2D eigenvalue weighted by atomic mass is 35.5. The van der Waals surface area contributed by atoms with Gasteiger partial charge >= 0.3 is 6.18 Å². The number of nitrogens with one attached hydrogen (secondary N) is 1. The van der Waals surface area contributed by atoms with Crippen molar-refractivity contribution in [2.24, 2.45) is 0 Å². The van der Waals surface area contributed by atoms with E-state index in [2.05, 4.69) is 4.72 Å². The first kappa shape index (κ1) is 17.5. The molecule has 0 aliphatic heterocycles. The monoisotopic (exact) mass is 327 g/mol. The van der Waals surface area contributed by atoms with E-state index in [1.807, 2.05) is 0 Å². The predicted octanol–water partition coefficient (Wildman–Crippen LogP) is 4.47. The lowest BCUT2D eigenvalue weighted by Crippen LogP contribution is -2.34. The van der Waals surface area contributed by atoms with Crippen LogP contribution in [-0.2, 0) is 17.2 Å². The fourth-order valence-electron chi connectivity index (χ4n) is 1.43. The molecule has 2 atom stereocenters. The van der Waals surface area contributed by atoms with Crippen LogP contribution in [0.25, 0.3) is 0 Å². The van der Waals surface area contributed by atoms with Crippen LogP contribution in [0.3, 0.4) is 0 Å². The Labute approximate surface area is 124 Å².